The molecule has 2 saturated heterocycles. The monoisotopic (exact) mass is 414 g/mol. The van der Waals surface area contributed by atoms with Crippen molar-refractivity contribution in [3.8, 4) is 11.3 Å². The average molecular weight is 415 g/mol. The molecule has 4 aliphatic rings. The second kappa shape index (κ2) is 7.75. The molecule has 0 amide bonds. The Morgan fingerprint density at radius 1 is 1.03 bits per heavy atom. The van der Waals surface area contributed by atoms with Crippen molar-refractivity contribution in [1.29, 1.82) is 0 Å². The fraction of sp³-hybridized carbons (Fsp3) is 0.519. The Kier molecular flexibility index (Phi) is 4.88. The lowest BCUT2D eigenvalue weighted by Crippen LogP contribution is -2.44. The van der Waals surface area contributed by atoms with Gasteiger partial charge in [0.05, 0.1) is 5.69 Å². The summed E-state index contributed by atoms with van der Waals surface area (Å²) in [6, 6.07) is 12.3. The van der Waals surface area contributed by atoms with E-state index in [1.807, 2.05) is 0 Å². The van der Waals surface area contributed by atoms with Crippen molar-refractivity contribution in [1.82, 2.24) is 14.8 Å². The summed E-state index contributed by atoms with van der Waals surface area (Å²) in [5.41, 5.74) is 9.27. The highest BCUT2D eigenvalue weighted by atomic mass is 15.2. The summed E-state index contributed by atoms with van der Waals surface area (Å²) >= 11 is 0. The van der Waals surface area contributed by atoms with E-state index in [2.05, 4.69) is 65.1 Å². The van der Waals surface area contributed by atoms with Gasteiger partial charge in [-0.15, -0.1) is 0 Å². The third-order valence-corrected chi connectivity index (χ3v) is 7.98. The number of nitrogens with zero attached hydrogens (tertiary/aromatic N) is 4. The molecule has 3 heterocycles. The third kappa shape index (κ3) is 3.70. The Morgan fingerprint density at radius 3 is 2.55 bits per heavy atom. The van der Waals surface area contributed by atoms with Gasteiger partial charge in [-0.1, -0.05) is 23.8 Å². The number of pyridine rings is 1. The van der Waals surface area contributed by atoms with Gasteiger partial charge < -0.3 is 9.80 Å². The highest BCUT2D eigenvalue weighted by Crippen LogP contribution is 2.40. The van der Waals surface area contributed by atoms with Crippen molar-refractivity contribution < 1.29 is 0 Å². The van der Waals surface area contributed by atoms with Crippen molar-refractivity contribution in [2.24, 2.45) is 5.92 Å². The van der Waals surface area contributed by atoms with E-state index in [0.717, 1.165) is 62.5 Å². The van der Waals surface area contributed by atoms with Crippen molar-refractivity contribution in [2.45, 2.75) is 38.6 Å². The van der Waals surface area contributed by atoms with Crippen LogP contribution in [0, 0.1) is 12.8 Å². The molecule has 2 aliphatic heterocycles. The standard InChI is InChI=1S/C27H34N4/c1-19-13-23-14-21(18-31-17-20-3-6-25(31)15-20)16-26(23)27(28-19)22-4-7-24(8-5-22)30-11-9-29(2)10-12-30/h4-5,7-8,13,16,20,25H,3,6,9-12,14-15,17-18H2,1-2H3. The zero-order valence-corrected chi connectivity index (χ0v) is 19.0. The van der Waals surface area contributed by atoms with E-state index in [0.29, 0.717) is 0 Å². The number of likely N-dealkylation sites (N-methyl/N-ethyl adjacent to an activating group) is 1. The highest BCUT2D eigenvalue weighted by molar-refractivity contribution is 5.79. The summed E-state index contributed by atoms with van der Waals surface area (Å²) in [5, 5.41) is 0. The summed E-state index contributed by atoms with van der Waals surface area (Å²) in [7, 11) is 2.21. The number of piperazine rings is 1. The van der Waals surface area contributed by atoms with E-state index >= 15 is 0 Å². The average Bonchev–Trinajstić information content (AvgIpc) is 3.49. The van der Waals surface area contributed by atoms with Crippen LogP contribution in [-0.2, 0) is 6.42 Å². The number of rotatable bonds is 4. The minimum atomic E-state index is 0.844. The first-order valence-corrected chi connectivity index (χ1v) is 12.1. The first-order chi connectivity index (χ1) is 15.1. The fourth-order valence-corrected chi connectivity index (χ4v) is 6.26. The predicted molar refractivity (Wildman–Crippen MR) is 129 cm³/mol. The number of fused-ring (bicyclic) bond motifs is 3. The molecule has 1 aromatic carbocycles. The highest BCUT2D eigenvalue weighted by Gasteiger charge is 2.38. The molecule has 162 valence electrons. The molecule has 0 N–H and O–H groups in total. The molecule has 1 saturated carbocycles. The lowest BCUT2D eigenvalue weighted by molar-refractivity contribution is 0.230. The molecule has 2 unspecified atom stereocenters. The van der Waals surface area contributed by atoms with E-state index in [4.69, 9.17) is 4.98 Å². The summed E-state index contributed by atoms with van der Waals surface area (Å²) < 4.78 is 0. The van der Waals surface area contributed by atoms with Gasteiger partial charge in [-0.25, -0.2) is 0 Å². The van der Waals surface area contributed by atoms with Crippen LogP contribution in [0.4, 0.5) is 5.69 Å². The van der Waals surface area contributed by atoms with Crippen molar-refractivity contribution >= 4 is 11.8 Å². The molecule has 2 aliphatic carbocycles. The number of likely N-dealkylation sites (tertiary alicyclic amines) is 1. The summed E-state index contributed by atoms with van der Waals surface area (Å²) in [6.45, 7) is 9.10. The van der Waals surface area contributed by atoms with Gasteiger partial charge in [0.15, 0.2) is 0 Å². The molecule has 1 aromatic heterocycles. The van der Waals surface area contributed by atoms with Crippen LogP contribution in [-0.4, -0.2) is 67.1 Å². The Morgan fingerprint density at radius 2 is 1.84 bits per heavy atom. The van der Waals surface area contributed by atoms with Gasteiger partial charge in [0.2, 0.25) is 0 Å². The fourth-order valence-electron chi connectivity index (χ4n) is 6.26. The van der Waals surface area contributed by atoms with Gasteiger partial charge in [-0.2, -0.15) is 0 Å². The minimum Gasteiger partial charge on any atom is -0.369 e. The van der Waals surface area contributed by atoms with E-state index in [1.165, 1.54) is 48.2 Å². The van der Waals surface area contributed by atoms with Crippen molar-refractivity contribution in [2.75, 3.05) is 51.2 Å². The van der Waals surface area contributed by atoms with Gasteiger partial charge in [-0.3, -0.25) is 9.88 Å². The van der Waals surface area contributed by atoms with Gasteiger partial charge in [-0.05, 0) is 69.3 Å². The predicted octanol–water partition coefficient (Wildman–Crippen LogP) is 4.23. The number of hydrogen-bond acceptors (Lipinski definition) is 4. The quantitative estimate of drug-likeness (QED) is 0.747. The van der Waals surface area contributed by atoms with Crippen LogP contribution in [0.25, 0.3) is 17.3 Å². The van der Waals surface area contributed by atoms with Crippen LogP contribution < -0.4 is 4.90 Å². The second-order valence-electron chi connectivity index (χ2n) is 10.3. The molecule has 0 radical (unpaired) electrons. The molecule has 2 atom stereocenters. The summed E-state index contributed by atoms with van der Waals surface area (Å²) in [6.07, 6.45) is 7.86. The number of anilines is 1. The van der Waals surface area contributed by atoms with Crippen molar-refractivity contribution in [3.63, 3.8) is 0 Å². The lowest BCUT2D eigenvalue weighted by Gasteiger charge is -2.34. The topological polar surface area (TPSA) is 22.6 Å². The third-order valence-electron chi connectivity index (χ3n) is 7.98. The molecule has 6 rings (SSSR count). The molecule has 3 fully saturated rings. The first-order valence-electron chi connectivity index (χ1n) is 12.1. The molecule has 0 spiro atoms. The number of hydrogen-bond donors (Lipinski definition) is 0. The zero-order valence-electron chi connectivity index (χ0n) is 19.0. The summed E-state index contributed by atoms with van der Waals surface area (Å²) in [5.74, 6) is 0.965. The molecule has 4 heteroatoms. The van der Waals surface area contributed by atoms with Crippen LogP contribution in [0.15, 0.2) is 35.9 Å². The Balaban J connectivity index is 1.24. The van der Waals surface area contributed by atoms with Crippen LogP contribution in [0.3, 0.4) is 0 Å². The smallest absolute Gasteiger partial charge is 0.0780 e. The van der Waals surface area contributed by atoms with Crippen LogP contribution >= 0.6 is 0 Å². The van der Waals surface area contributed by atoms with E-state index < -0.39 is 0 Å². The minimum absolute atomic E-state index is 0.844. The maximum absolute atomic E-state index is 4.99. The molecular weight excluding hydrogens is 380 g/mol. The van der Waals surface area contributed by atoms with E-state index in [1.54, 1.807) is 5.57 Å². The number of piperidine rings is 1. The van der Waals surface area contributed by atoms with Gasteiger partial charge >= 0.3 is 0 Å². The zero-order chi connectivity index (χ0) is 20.9. The largest absolute Gasteiger partial charge is 0.369 e. The SMILES string of the molecule is Cc1cc2c(c(-c3ccc(N4CCN(C)CC4)cc3)n1)C=C(CN1CC3CCC1C3)C2. The van der Waals surface area contributed by atoms with Gasteiger partial charge in [0, 0.05) is 67.8 Å². The van der Waals surface area contributed by atoms with Gasteiger partial charge in [0.25, 0.3) is 0 Å². The van der Waals surface area contributed by atoms with Crippen molar-refractivity contribution in [3.05, 3.63) is 52.7 Å². The van der Waals surface area contributed by atoms with Crippen LogP contribution in [0.1, 0.15) is 36.1 Å². The maximum Gasteiger partial charge on any atom is 0.0780 e. The molecule has 2 bridgehead atoms. The van der Waals surface area contributed by atoms with E-state index in [-0.39, 0.29) is 0 Å². The second-order valence-corrected chi connectivity index (χ2v) is 10.3. The Bertz CT molecular complexity index is 1000. The van der Waals surface area contributed by atoms with Crippen LogP contribution in [0.5, 0.6) is 0 Å². The van der Waals surface area contributed by atoms with Gasteiger partial charge in [0.1, 0.15) is 0 Å². The Labute approximate surface area is 186 Å². The lowest BCUT2D eigenvalue weighted by atomic mass is 10.0. The molecule has 2 aromatic rings. The molecular formula is C27H34N4. The normalized spacial score (nSPS) is 25.9. The number of aromatic nitrogens is 1. The van der Waals surface area contributed by atoms with E-state index in [9.17, 15) is 0 Å². The maximum atomic E-state index is 4.99. The number of benzene rings is 1. The molecule has 4 nitrogen and oxygen atoms in total. The first kappa shape index (κ1) is 19.5. The summed E-state index contributed by atoms with van der Waals surface area (Å²) in [4.78, 5) is 12.6. The number of aryl methyl sites for hydroxylation is 1. The molecule has 31 heavy (non-hydrogen) atoms. The van der Waals surface area contributed by atoms with Crippen LogP contribution in [0.2, 0.25) is 0 Å². The Hall–Kier alpha value is -2.17.